The van der Waals surface area contributed by atoms with Crippen LogP contribution in [0.4, 0.5) is 0 Å². The molecule has 0 aliphatic heterocycles. The van der Waals surface area contributed by atoms with Crippen molar-refractivity contribution >= 4 is 29.4 Å². The molecule has 0 fully saturated rings. The van der Waals surface area contributed by atoms with Crippen molar-refractivity contribution in [2.24, 2.45) is 0 Å². The molecule has 1 N–H and O–H groups in total. The molecule has 0 bridgehead atoms. The van der Waals surface area contributed by atoms with Crippen molar-refractivity contribution in [3.8, 4) is 0 Å². The number of rotatable bonds is 7. The first kappa shape index (κ1) is 17.7. The third kappa shape index (κ3) is 7.44. The maximum absolute atomic E-state index is 11.5. The van der Waals surface area contributed by atoms with Gasteiger partial charge >= 0.3 is 11.9 Å². The number of hydrogen-bond acceptors (Lipinski definition) is 5. The molecule has 0 aliphatic rings. The lowest BCUT2D eigenvalue weighted by molar-refractivity contribution is -0.144. The van der Waals surface area contributed by atoms with Crippen molar-refractivity contribution in [3.05, 3.63) is 47.0 Å². The Morgan fingerprint density at radius 1 is 1.09 bits per heavy atom. The highest BCUT2D eigenvalue weighted by Crippen LogP contribution is 2.08. The monoisotopic (exact) mass is 325 g/mol. The second-order valence-corrected chi connectivity index (χ2v) is 4.53. The molecule has 1 amide bonds. The fourth-order valence-electron chi connectivity index (χ4n) is 1.37. The van der Waals surface area contributed by atoms with Crippen LogP contribution in [0, 0.1) is 0 Å². The summed E-state index contributed by atoms with van der Waals surface area (Å²) >= 11 is 5.75. The van der Waals surface area contributed by atoms with E-state index in [1.54, 1.807) is 31.2 Å². The van der Waals surface area contributed by atoms with Gasteiger partial charge in [-0.05, 0) is 24.6 Å². The predicted molar refractivity (Wildman–Crippen MR) is 80.0 cm³/mol. The number of carbonyl (C=O) groups excluding carboxylic acids is 3. The van der Waals surface area contributed by atoms with E-state index in [0.717, 1.165) is 17.7 Å². The molecule has 1 aromatic carbocycles. The standard InChI is InChI=1S/C15H16ClNO5/c1-2-21-14(19)7-8-15(20)22-10-13(18)17-9-11-3-5-12(16)6-4-11/h3-8H,2,9-10H2,1H3,(H,17,18)/b8-7+. The Bertz CT molecular complexity index is 554. The van der Waals surface area contributed by atoms with Gasteiger partial charge in [0.2, 0.25) is 0 Å². The molecule has 1 rings (SSSR count). The Morgan fingerprint density at radius 3 is 2.27 bits per heavy atom. The average Bonchev–Trinajstić information content (AvgIpc) is 2.50. The van der Waals surface area contributed by atoms with Crippen molar-refractivity contribution < 1.29 is 23.9 Å². The Balaban J connectivity index is 2.26. The van der Waals surface area contributed by atoms with E-state index in [-0.39, 0.29) is 6.61 Å². The quantitative estimate of drug-likeness (QED) is 0.608. The molecule has 0 saturated carbocycles. The van der Waals surface area contributed by atoms with E-state index in [9.17, 15) is 14.4 Å². The van der Waals surface area contributed by atoms with Crippen molar-refractivity contribution in [1.82, 2.24) is 5.32 Å². The zero-order valence-electron chi connectivity index (χ0n) is 12.0. The Kier molecular flexibility index (Phi) is 7.70. The molecule has 0 spiro atoms. The van der Waals surface area contributed by atoms with Crippen LogP contribution in [-0.4, -0.2) is 31.1 Å². The van der Waals surface area contributed by atoms with E-state index in [0.29, 0.717) is 11.6 Å². The highest BCUT2D eigenvalue weighted by molar-refractivity contribution is 6.30. The van der Waals surface area contributed by atoms with Crippen molar-refractivity contribution in [2.45, 2.75) is 13.5 Å². The van der Waals surface area contributed by atoms with Gasteiger partial charge in [-0.2, -0.15) is 0 Å². The lowest BCUT2D eigenvalue weighted by atomic mass is 10.2. The van der Waals surface area contributed by atoms with Crippen LogP contribution < -0.4 is 5.32 Å². The summed E-state index contributed by atoms with van der Waals surface area (Å²) in [7, 11) is 0. The molecular weight excluding hydrogens is 310 g/mol. The van der Waals surface area contributed by atoms with Gasteiger partial charge in [0.1, 0.15) is 0 Å². The minimum Gasteiger partial charge on any atom is -0.463 e. The number of ether oxygens (including phenoxy) is 2. The second kappa shape index (κ2) is 9.57. The lowest BCUT2D eigenvalue weighted by Gasteiger charge is -2.05. The Labute approximate surface area is 133 Å². The third-order valence-corrected chi connectivity index (χ3v) is 2.64. The molecule has 22 heavy (non-hydrogen) atoms. The lowest BCUT2D eigenvalue weighted by Crippen LogP contribution is -2.28. The first-order chi connectivity index (χ1) is 10.5. The zero-order valence-corrected chi connectivity index (χ0v) is 12.8. The molecule has 118 valence electrons. The van der Waals surface area contributed by atoms with Gasteiger partial charge in [0.25, 0.3) is 5.91 Å². The number of halogens is 1. The van der Waals surface area contributed by atoms with E-state index < -0.39 is 24.5 Å². The van der Waals surface area contributed by atoms with Crippen molar-refractivity contribution in [3.63, 3.8) is 0 Å². The fraction of sp³-hybridized carbons (Fsp3) is 0.267. The highest BCUT2D eigenvalue weighted by Gasteiger charge is 2.05. The first-order valence-corrected chi connectivity index (χ1v) is 6.91. The molecule has 0 radical (unpaired) electrons. The fourth-order valence-corrected chi connectivity index (χ4v) is 1.49. The van der Waals surface area contributed by atoms with E-state index >= 15 is 0 Å². The average molecular weight is 326 g/mol. The zero-order chi connectivity index (χ0) is 16.4. The number of hydrogen-bond donors (Lipinski definition) is 1. The van der Waals surface area contributed by atoms with Crippen LogP contribution in [0.25, 0.3) is 0 Å². The van der Waals surface area contributed by atoms with Gasteiger partial charge in [-0.3, -0.25) is 4.79 Å². The van der Waals surface area contributed by atoms with Gasteiger partial charge in [-0.1, -0.05) is 23.7 Å². The van der Waals surface area contributed by atoms with Crippen LogP contribution in [0.5, 0.6) is 0 Å². The Morgan fingerprint density at radius 2 is 1.68 bits per heavy atom. The molecule has 0 aliphatic carbocycles. The summed E-state index contributed by atoms with van der Waals surface area (Å²) in [6, 6.07) is 6.97. The van der Waals surface area contributed by atoms with Crippen LogP contribution in [0.1, 0.15) is 12.5 Å². The number of amides is 1. The summed E-state index contributed by atoms with van der Waals surface area (Å²) in [5.41, 5.74) is 0.867. The van der Waals surface area contributed by atoms with Crippen LogP contribution in [0.15, 0.2) is 36.4 Å². The van der Waals surface area contributed by atoms with Gasteiger partial charge in [0, 0.05) is 23.7 Å². The highest BCUT2D eigenvalue weighted by atomic mass is 35.5. The number of carbonyl (C=O) groups is 3. The van der Waals surface area contributed by atoms with Crippen LogP contribution >= 0.6 is 11.6 Å². The molecule has 0 unspecified atom stereocenters. The SMILES string of the molecule is CCOC(=O)/C=C/C(=O)OCC(=O)NCc1ccc(Cl)cc1. The molecule has 0 aromatic heterocycles. The minimum atomic E-state index is -0.797. The van der Waals surface area contributed by atoms with Gasteiger partial charge in [0.05, 0.1) is 6.61 Å². The largest absolute Gasteiger partial charge is 0.463 e. The summed E-state index contributed by atoms with van der Waals surface area (Å²) in [6.45, 7) is 1.73. The summed E-state index contributed by atoms with van der Waals surface area (Å²) in [6.07, 6.45) is 1.85. The van der Waals surface area contributed by atoms with Crippen LogP contribution in [0.3, 0.4) is 0 Å². The normalized spacial score (nSPS) is 10.3. The number of nitrogens with one attached hydrogen (secondary N) is 1. The molecular formula is C15H16ClNO5. The maximum Gasteiger partial charge on any atom is 0.331 e. The van der Waals surface area contributed by atoms with Gasteiger partial charge in [-0.25, -0.2) is 9.59 Å². The predicted octanol–water partition coefficient (Wildman–Crippen LogP) is 1.62. The second-order valence-electron chi connectivity index (χ2n) is 4.10. The smallest absolute Gasteiger partial charge is 0.331 e. The molecule has 7 heteroatoms. The summed E-state index contributed by atoms with van der Waals surface area (Å²) < 4.78 is 9.26. The topological polar surface area (TPSA) is 81.7 Å². The molecule has 6 nitrogen and oxygen atoms in total. The van der Waals surface area contributed by atoms with Crippen LogP contribution in [-0.2, 0) is 30.4 Å². The molecule has 0 atom stereocenters. The van der Waals surface area contributed by atoms with E-state index in [4.69, 9.17) is 11.6 Å². The van der Waals surface area contributed by atoms with Gasteiger partial charge in [0.15, 0.2) is 6.61 Å². The third-order valence-electron chi connectivity index (χ3n) is 2.39. The van der Waals surface area contributed by atoms with Crippen molar-refractivity contribution in [1.29, 1.82) is 0 Å². The maximum atomic E-state index is 11.5. The number of benzene rings is 1. The van der Waals surface area contributed by atoms with E-state index in [1.807, 2.05) is 0 Å². The summed E-state index contributed by atoms with van der Waals surface area (Å²) in [5.74, 6) is -1.89. The molecule has 0 heterocycles. The first-order valence-electron chi connectivity index (χ1n) is 6.54. The number of esters is 2. The van der Waals surface area contributed by atoms with E-state index in [2.05, 4.69) is 14.8 Å². The summed E-state index contributed by atoms with van der Waals surface area (Å²) in [5, 5.41) is 3.19. The van der Waals surface area contributed by atoms with Crippen LogP contribution in [0.2, 0.25) is 5.02 Å². The minimum absolute atomic E-state index is 0.214. The van der Waals surface area contributed by atoms with Crippen molar-refractivity contribution in [2.75, 3.05) is 13.2 Å². The summed E-state index contributed by atoms with van der Waals surface area (Å²) in [4.78, 5) is 33.7. The Hall–Kier alpha value is -2.34. The van der Waals surface area contributed by atoms with E-state index in [1.165, 1.54) is 0 Å². The molecule has 0 saturated heterocycles. The van der Waals surface area contributed by atoms with Gasteiger partial charge < -0.3 is 14.8 Å². The molecule has 1 aromatic rings. The van der Waals surface area contributed by atoms with Gasteiger partial charge in [-0.15, -0.1) is 0 Å².